The lowest BCUT2D eigenvalue weighted by atomic mass is 9.88. The molecule has 3 heterocycles. The molecule has 2 aromatic heterocycles. The van der Waals surface area contributed by atoms with Crippen molar-refractivity contribution >= 4 is 40.1 Å². The van der Waals surface area contributed by atoms with Crippen molar-refractivity contribution in [2.75, 3.05) is 11.9 Å². The second kappa shape index (κ2) is 13.3. The molecule has 1 aliphatic rings. The standard InChI is InChI=1S/C32H40F2N6O2S/c1-19(2)14-22(16-35)30(42)39-13-7-8-23(39)18-40-25-10-9-21(17-36-20(3)32(4,5)6)15-24(25)37-31(40)38-29(41)27-12-11-26(43-27)28(33)34/h9-12,14-15,19-20,23,28,36H,7-8,13,17-18H2,1-6H3,(H,37,38,41)/b22-14+/t20-,23+/m0/s1. The SMILES string of the molecule is CC(C)/C=C(\C#N)C(=O)N1CCC[C@@H]1Cn1c(NC(=O)c2ccc(C(F)F)s2)nc2cc(CN[C@@H](C)C(C)(C)C)ccc21. The summed E-state index contributed by atoms with van der Waals surface area (Å²) in [6.45, 7) is 14.0. The molecular weight excluding hydrogens is 570 g/mol. The van der Waals surface area contributed by atoms with Crippen molar-refractivity contribution < 1.29 is 18.4 Å². The number of anilines is 1. The predicted octanol–water partition coefficient (Wildman–Crippen LogP) is 6.91. The summed E-state index contributed by atoms with van der Waals surface area (Å²) >= 11 is 0.745. The van der Waals surface area contributed by atoms with E-state index < -0.39 is 12.3 Å². The van der Waals surface area contributed by atoms with Crippen LogP contribution < -0.4 is 10.6 Å². The number of nitrogens with one attached hydrogen (secondary N) is 2. The zero-order valence-electron chi connectivity index (χ0n) is 25.6. The van der Waals surface area contributed by atoms with Gasteiger partial charge in [0, 0.05) is 25.7 Å². The van der Waals surface area contributed by atoms with Gasteiger partial charge in [-0.2, -0.15) is 5.26 Å². The number of nitriles is 1. The van der Waals surface area contributed by atoms with Crippen LogP contribution >= 0.6 is 11.3 Å². The molecular formula is C32H40F2N6O2S. The predicted molar refractivity (Wildman–Crippen MR) is 166 cm³/mol. The van der Waals surface area contributed by atoms with Crippen LogP contribution in [0.15, 0.2) is 42.0 Å². The Balaban J connectivity index is 1.66. The highest BCUT2D eigenvalue weighted by Gasteiger charge is 2.32. The minimum Gasteiger partial charge on any atom is -0.333 e. The molecule has 2 amide bonds. The number of thiophene rings is 1. The number of likely N-dealkylation sites (tertiary alicyclic amines) is 1. The molecule has 230 valence electrons. The first kappa shape index (κ1) is 32.3. The number of amides is 2. The number of benzene rings is 1. The first-order valence-electron chi connectivity index (χ1n) is 14.6. The number of hydrogen-bond acceptors (Lipinski definition) is 6. The normalized spacial score (nSPS) is 16.7. The van der Waals surface area contributed by atoms with Crippen LogP contribution in [-0.2, 0) is 17.9 Å². The van der Waals surface area contributed by atoms with Gasteiger partial charge in [-0.3, -0.25) is 14.9 Å². The summed E-state index contributed by atoms with van der Waals surface area (Å²) < 4.78 is 28.2. The summed E-state index contributed by atoms with van der Waals surface area (Å²) in [5, 5.41) is 16.0. The molecule has 4 rings (SSSR count). The van der Waals surface area contributed by atoms with Crippen molar-refractivity contribution in [2.24, 2.45) is 11.3 Å². The highest BCUT2D eigenvalue weighted by Crippen LogP contribution is 2.30. The Morgan fingerprint density at radius 3 is 2.58 bits per heavy atom. The summed E-state index contributed by atoms with van der Waals surface area (Å²) in [5.74, 6) is -0.497. The number of nitrogens with zero attached hydrogens (tertiary/aromatic N) is 4. The van der Waals surface area contributed by atoms with Gasteiger partial charge in [-0.15, -0.1) is 11.3 Å². The van der Waals surface area contributed by atoms with Crippen LogP contribution in [0.5, 0.6) is 0 Å². The van der Waals surface area contributed by atoms with Crippen LogP contribution in [0.2, 0.25) is 0 Å². The van der Waals surface area contributed by atoms with Gasteiger partial charge in [-0.05, 0) is 60.9 Å². The maximum absolute atomic E-state index is 13.3. The lowest BCUT2D eigenvalue weighted by Crippen LogP contribution is -2.39. The number of fused-ring (bicyclic) bond motifs is 1. The van der Waals surface area contributed by atoms with Crippen LogP contribution in [0.3, 0.4) is 0 Å². The van der Waals surface area contributed by atoms with Crippen LogP contribution in [0.1, 0.15) is 80.9 Å². The average molecular weight is 611 g/mol. The van der Waals surface area contributed by atoms with E-state index in [1.807, 2.05) is 36.6 Å². The second-order valence-corrected chi connectivity index (χ2v) is 13.6. The van der Waals surface area contributed by atoms with Crippen molar-refractivity contribution in [3.63, 3.8) is 0 Å². The van der Waals surface area contributed by atoms with Crippen LogP contribution in [0.25, 0.3) is 11.0 Å². The molecule has 0 spiro atoms. The summed E-state index contributed by atoms with van der Waals surface area (Å²) in [5.41, 5.74) is 2.70. The fraction of sp³-hybridized carbons (Fsp3) is 0.500. The Morgan fingerprint density at radius 2 is 1.95 bits per heavy atom. The van der Waals surface area contributed by atoms with Gasteiger partial charge in [0.25, 0.3) is 18.2 Å². The van der Waals surface area contributed by atoms with E-state index in [0.717, 1.165) is 35.3 Å². The number of carbonyl (C=O) groups excluding carboxylic acids is 2. The topological polar surface area (TPSA) is 103 Å². The number of allylic oxidation sites excluding steroid dienone is 1. The zero-order valence-corrected chi connectivity index (χ0v) is 26.4. The maximum Gasteiger partial charge on any atom is 0.272 e. The monoisotopic (exact) mass is 610 g/mol. The van der Waals surface area contributed by atoms with E-state index in [1.165, 1.54) is 12.1 Å². The minimum atomic E-state index is -2.65. The zero-order chi connectivity index (χ0) is 31.5. The van der Waals surface area contributed by atoms with Crippen molar-refractivity contribution in [1.29, 1.82) is 5.26 Å². The van der Waals surface area contributed by atoms with Gasteiger partial charge >= 0.3 is 0 Å². The fourth-order valence-corrected chi connectivity index (χ4v) is 5.80. The Morgan fingerprint density at radius 1 is 1.21 bits per heavy atom. The molecule has 1 saturated heterocycles. The van der Waals surface area contributed by atoms with Crippen molar-refractivity contribution in [3.05, 3.63) is 57.3 Å². The van der Waals surface area contributed by atoms with E-state index in [4.69, 9.17) is 4.98 Å². The van der Waals surface area contributed by atoms with Crippen molar-refractivity contribution in [3.8, 4) is 6.07 Å². The summed E-state index contributed by atoms with van der Waals surface area (Å²) in [4.78, 5) is 32.9. The van der Waals surface area contributed by atoms with Gasteiger partial charge < -0.3 is 14.8 Å². The molecule has 0 bridgehead atoms. The van der Waals surface area contributed by atoms with Crippen LogP contribution in [0, 0.1) is 22.7 Å². The number of carbonyl (C=O) groups is 2. The van der Waals surface area contributed by atoms with Crippen LogP contribution in [-0.4, -0.2) is 44.9 Å². The number of hydrogen-bond donors (Lipinski definition) is 2. The first-order chi connectivity index (χ1) is 20.3. The molecule has 11 heteroatoms. The number of imidazole rings is 1. The second-order valence-electron chi connectivity index (χ2n) is 12.5. The largest absolute Gasteiger partial charge is 0.333 e. The Labute approximate surface area is 255 Å². The molecule has 0 saturated carbocycles. The van der Waals surface area contributed by atoms with Gasteiger partial charge in [-0.1, -0.05) is 46.8 Å². The van der Waals surface area contributed by atoms with Crippen LogP contribution in [0.4, 0.5) is 14.7 Å². The van der Waals surface area contributed by atoms with Gasteiger partial charge in [0.1, 0.15) is 11.6 Å². The third-order valence-corrected chi connectivity index (χ3v) is 8.99. The third-order valence-electron chi connectivity index (χ3n) is 7.90. The number of aromatic nitrogens is 2. The fourth-order valence-electron chi connectivity index (χ4n) is 5.05. The molecule has 0 aliphatic carbocycles. The molecule has 2 N–H and O–H groups in total. The number of alkyl halides is 2. The Kier molecular flexibility index (Phi) is 10.0. The van der Waals surface area contributed by atoms with Crippen molar-refractivity contribution in [2.45, 2.75) is 86.0 Å². The lowest BCUT2D eigenvalue weighted by molar-refractivity contribution is -0.127. The van der Waals surface area contributed by atoms with E-state index >= 15 is 0 Å². The van der Waals surface area contributed by atoms with Gasteiger partial charge in [0.15, 0.2) is 0 Å². The van der Waals surface area contributed by atoms with Gasteiger partial charge in [0.05, 0.1) is 26.8 Å². The molecule has 0 radical (unpaired) electrons. The quantitative estimate of drug-likeness (QED) is 0.192. The Hall–Kier alpha value is -3.62. The van der Waals surface area contributed by atoms with E-state index in [-0.39, 0.29) is 50.6 Å². The summed E-state index contributed by atoms with van der Waals surface area (Å²) in [7, 11) is 0. The number of rotatable bonds is 10. The van der Waals surface area contributed by atoms with E-state index in [1.54, 1.807) is 11.0 Å². The molecule has 0 unspecified atom stereocenters. The van der Waals surface area contributed by atoms with E-state index in [0.29, 0.717) is 25.2 Å². The van der Waals surface area contributed by atoms with Gasteiger partial charge in [0.2, 0.25) is 5.95 Å². The first-order valence-corrected chi connectivity index (χ1v) is 15.4. The maximum atomic E-state index is 13.3. The summed E-state index contributed by atoms with van der Waals surface area (Å²) in [6, 6.07) is 10.7. The Bertz CT molecular complexity index is 1550. The van der Waals surface area contributed by atoms with E-state index in [9.17, 15) is 23.6 Å². The minimum absolute atomic E-state index is 0.0528. The molecule has 1 aliphatic heterocycles. The lowest BCUT2D eigenvalue weighted by Gasteiger charge is -2.28. The average Bonchev–Trinajstić information content (AvgIpc) is 3.69. The molecule has 8 nitrogen and oxygen atoms in total. The highest BCUT2D eigenvalue weighted by atomic mass is 32.1. The molecule has 3 aromatic rings. The molecule has 2 atom stereocenters. The smallest absolute Gasteiger partial charge is 0.272 e. The summed E-state index contributed by atoms with van der Waals surface area (Å²) in [6.07, 6.45) is 0.548. The highest BCUT2D eigenvalue weighted by molar-refractivity contribution is 7.14. The molecule has 43 heavy (non-hydrogen) atoms. The molecule has 1 aromatic carbocycles. The van der Waals surface area contributed by atoms with Gasteiger partial charge in [-0.25, -0.2) is 13.8 Å². The number of halogens is 2. The third kappa shape index (κ3) is 7.67. The van der Waals surface area contributed by atoms with Crippen molar-refractivity contribution in [1.82, 2.24) is 19.8 Å². The molecule has 1 fully saturated rings. The van der Waals surface area contributed by atoms with E-state index in [2.05, 4.69) is 44.4 Å².